The molecule has 3 unspecified atom stereocenters. The monoisotopic (exact) mass is 447 g/mol. The highest BCUT2D eigenvalue weighted by Gasteiger charge is 2.38. The molecule has 0 aliphatic carbocycles. The Labute approximate surface area is 180 Å². The van der Waals surface area contributed by atoms with Crippen molar-refractivity contribution in [2.45, 2.75) is 31.8 Å². The van der Waals surface area contributed by atoms with Crippen LogP contribution in [0.15, 0.2) is 45.8 Å². The van der Waals surface area contributed by atoms with Gasteiger partial charge in [-0.05, 0) is 37.6 Å². The van der Waals surface area contributed by atoms with Crippen molar-refractivity contribution in [3.05, 3.63) is 57.8 Å². The van der Waals surface area contributed by atoms with E-state index in [1.54, 1.807) is 32.3 Å². The van der Waals surface area contributed by atoms with Gasteiger partial charge in [-0.3, -0.25) is 4.31 Å². The van der Waals surface area contributed by atoms with E-state index in [9.17, 15) is 8.60 Å². The molecular weight excluding hydrogens is 425 g/mol. The molecule has 0 bridgehead atoms. The van der Waals surface area contributed by atoms with Crippen LogP contribution in [0.5, 0.6) is 0 Å². The molecule has 158 valence electrons. The van der Waals surface area contributed by atoms with E-state index in [0.717, 1.165) is 11.4 Å². The minimum Gasteiger partial charge on any atom is -0.436 e. The van der Waals surface area contributed by atoms with Gasteiger partial charge in [0.25, 0.3) is 0 Å². The van der Waals surface area contributed by atoms with Crippen LogP contribution >= 0.6 is 11.3 Å². The Bertz CT molecular complexity index is 1080. The molecule has 0 saturated heterocycles. The molecule has 0 amide bonds. The Kier molecular flexibility index (Phi) is 5.46. The van der Waals surface area contributed by atoms with Crippen LogP contribution in [0, 0.1) is 5.82 Å². The lowest BCUT2D eigenvalue weighted by Crippen LogP contribution is -2.47. The normalized spacial score (nSPS) is 26.5. The van der Waals surface area contributed by atoms with Crippen molar-refractivity contribution < 1.29 is 13.3 Å². The first-order valence-corrected chi connectivity index (χ1v) is 11.6. The summed E-state index contributed by atoms with van der Waals surface area (Å²) in [6.45, 7) is 3.77. The minimum atomic E-state index is -1.40. The van der Waals surface area contributed by atoms with Crippen molar-refractivity contribution in [1.82, 2.24) is 9.29 Å². The number of aliphatic imine (C=N–C) groups is 2. The van der Waals surface area contributed by atoms with Crippen LogP contribution in [0.4, 0.5) is 4.39 Å². The Morgan fingerprint density at radius 3 is 2.93 bits per heavy atom. The third-order valence-corrected chi connectivity index (χ3v) is 7.48. The molecule has 2 aromatic rings. The molecule has 0 spiro atoms. The van der Waals surface area contributed by atoms with E-state index >= 15 is 0 Å². The van der Waals surface area contributed by atoms with Gasteiger partial charge in [-0.15, -0.1) is 11.3 Å². The zero-order valence-electron chi connectivity index (χ0n) is 16.8. The smallest absolute Gasteiger partial charge is 0.222 e. The maximum Gasteiger partial charge on any atom is 0.222 e. The number of guanidine groups is 1. The van der Waals surface area contributed by atoms with Crippen LogP contribution in [0.1, 0.15) is 36.4 Å². The Morgan fingerprint density at radius 1 is 1.47 bits per heavy atom. The maximum absolute atomic E-state index is 14.8. The second-order valence-electron chi connectivity index (χ2n) is 7.28. The lowest BCUT2D eigenvalue weighted by atomic mass is 9.92. The molecule has 1 aromatic carbocycles. The van der Waals surface area contributed by atoms with E-state index in [1.165, 1.54) is 21.7 Å². The molecular formula is C20H22FN5O2S2. The number of thiazole rings is 1. The van der Waals surface area contributed by atoms with Crippen molar-refractivity contribution in [2.24, 2.45) is 15.7 Å². The highest BCUT2D eigenvalue weighted by Crippen LogP contribution is 2.34. The molecule has 2 aliphatic heterocycles. The number of halogens is 1. The van der Waals surface area contributed by atoms with Crippen LogP contribution in [-0.4, -0.2) is 44.2 Å². The topological polar surface area (TPSA) is 93.2 Å². The second-order valence-corrected chi connectivity index (χ2v) is 9.66. The molecule has 3 heterocycles. The van der Waals surface area contributed by atoms with Gasteiger partial charge in [0, 0.05) is 29.8 Å². The predicted molar refractivity (Wildman–Crippen MR) is 118 cm³/mol. The number of nitrogens with zero attached hydrogens (tertiary/aromatic N) is 4. The number of nitrogens with two attached hydrogens (primary N) is 1. The molecule has 1 aromatic heterocycles. The molecule has 7 nitrogen and oxygen atoms in total. The molecule has 2 N–H and O–H groups in total. The van der Waals surface area contributed by atoms with Gasteiger partial charge in [0.05, 0.1) is 11.8 Å². The van der Waals surface area contributed by atoms with Crippen molar-refractivity contribution in [3.8, 4) is 0 Å². The standard InChI is InChI=1S/C20H22FN5O2S2/c1-4-13-10-16(18-23-7-8-29-18)28-17(24-13)12-5-6-15(21)14(9-12)20(2)11-30(27)26(3)19(22)25-20/h5-10,13H,4,11H2,1-3H3,(H2,22,25). The Morgan fingerprint density at radius 2 is 2.27 bits per heavy atom. The van der Waals surface area contributed by atoms with Crippen molar-refractivity contribution >= 4 is 39.9 Å². The predicted octanol–water partition coefficient (Wildman–Crippen LogP) is 3.02. The number of rotatable bonds is 4. The first-order chi connectivity index (χ1) is 14.3. The van der Waals surface area contributed by atoms with Gasteiger partial charge < -0.3 is 10.5 Å². The largest absolute Gasteiger partial charge is 0.436 e. The van der Waals surface area contributed by atoms with Crippen molar-refractivity contribution in [3.63, 3.8) is 0 Å². The van der Waals surface area contributed by atoms with Gasteiger partial charge in [0.2, 0.25) is 11.9 Å². The zero-order valence-corrected chi connectivity index (χ0v) is 18.5. The lowest BCUT2D eigenvalue weighted by Gasteiger charge is -2.34. The third kappa shape index (κ3) is 3.77. The van der Waals surface area contributed by atoms with Gasteiger partial charge in [-0.1, -0.05) is 6.92 Å². The summed E-state index contributed by atoms with van der Waals surface area (Å²) in [6.07, 6.45) is 4.45. The second kappa shape index (κ2) is 7.92. The summed E-state index contributed by atoms with van der Waals surface area (Å²) in [5.41, 5.74) is 5.78. The van der Waals surface area contributed by atoms with Crippen LogP contribution in [0.25, 0.3) is 5.76 Å². The summed E-state index contributed by atoms with van der Waals surface area (Å²) in [5, 5.41) is 2.64. The summed E-state index contributed by atoms with van der Waals surface area (Å²) in [4.78, 5) is 13.4. The summed E-state index contributed by atoms with van der Waals surface area (Å²) >= 11 is 1.48. The third-order valence-electron chi connectivity index (χ3n) is 5.08. The van der Waals surface area contributed by atoms with Gasteiger partial charge in [-0.2, -0.15) is 0 Å². The zero-order chi connectivity index (χ0) is 21.5. The number of hydrogen-bond acceptors (Lipinski definition) is 7. The minimum absolute atomic E-state index is 0.0683. The summed E-state index contributed by atoms with van der Waals surface area (Å²) in [7, 11) is 0.196. The Balaban J connectivity index is 1.73. The molecule has 0 radical (unpaired) electrons. The molecule has 0 saturated carbocycles. The fourth-order valence-corrected chi connectivity index (χ4v) is 5.08. The van der Waals surface area contributed by atoms with E-state index in [1.807, 2.05) is 18.4 Å². The fraction of sp³-hybridized carbons (Fsp3) is 0.350. The van der Waals surface area contributed by atoms with E-state index in [4.69, 9.17) is 10.5 Å². The van der Waals surface area contributed by atoms with Crippen molar-refractivity contribution in [2.75, 3.05) is 12.8 Å². The SMILES string of the molecule is CCC1C=C(c2nccs2)OC(c2ccc(F)c(C3(C)CS(=O)N(C)C(N)=N3)c2)=N1. The number of ether oxygens (including phenoxy) is 1. The highest BCUT2D eigenvalue weighted by molar-refractivity contribution is 7.83. The van der Waals surface area contributed by atoms with Crippen LogP contribution in [0.2, 0.25) is 0 Å². The Hall–Kier alpha value is -2.59. The van der Waals surface area contributed by atoms with Crippen molar-refractivity contribution in [1.29, 1.82) is 0 Å². The average Bonchev–Trinajstić information content (AvgIpc) is 3.27. The number of aromatic nitrogens is 1. The van der Waals surface area contributed by atoms with Gasteiger partial charge in [-0.25, -0.2) is 23.6 Å². The maximum atomic E-state index is 14.8. The molecule has 10 heteroatoms. The van der Waals surface area contributed by atoms with Crippen LogP contribution < -0.4 is 5.73 Å². The summed E-state index contributed by atoms with van der Waals surface area (Å²) < 4.78 is 34.7. The molecule has 30 heavy (non-hydrogen) atoms. The van der Waals surface area contributed by atoms with Gasteiger partial charge >= 0.3 is 0 Å². The summed E-state index contributed by atoms with van der Waals surface area (Å²) in [5.74, 6) is 0.823. The van der Waals surface area contributed by atoms with E-state index < -0.39 is 22.3 Å². The molecule has 2 aliphatic rings. The molecule has 0 fully saturated rings. The van der Waals surface area contributed by atoms with E-state index in [2.05, 4.69) is 15.0 Å². The van der Waals surface area contributed by atoms with Gasteiger partial charge in [0.15, 0.2) is 10.8 Å². The van der Waals surface area contributed by atoms with Crippen LogP contribution in [-0.2, 0) is 21.3 Å². The van der Waals surface area contributed by atoms with E-state index in [0.29, 0.717) is 22.8 Å². The van der Waals surface area contributed by atoms with Crippen LogP contribution in [0.3, 0.4) is 0 Å². The highest BCUT2D eigenvalue weighted by atomic mass is 32.2. The number of benzene rings is 1. The quantitative estimate of drug-likeness (QED) is 0.780. The average molecular weight is 448 g/mol. The van der Waals surface area contributed by atoms with Gasteiger partial charge in [0.1, 0.15) is 22.3 Å². The molecule has 4 rings (SSSR count). The molecule has 3 atom stereocenters. The van der Waals surface area contributed by atoms with E-state index in [-0.39, 0.29) is 17.8 Å². The number of hydrogen-bond donors (Lipinski definition) is 1. The first kappa shape index (κ1) is 20.7. The fourth-order valence-electron chi connectivity index (χ4n) is 3.34. The summed E-state index contributed by atoms with van der Waals surface area (Å²) in [6, 6.07) is 4.57. The first-order valence-electron chi connectivity index (χ1n) is 9.46. The lowest BCUT2D eigenvalue weighted by molar-refractivity contribution is 0.475.